The first-order chi connectivity index (χ1) is 12.6. The molecule has 1 aliphatic heterocycles. The lowest BCUT2D eigenvalue weighted by Crippen LogP contribution is -2.36. The van der Waals surface area contributed by atoms with Crippen LogP contribution in [0.4, 0.5) is 11.4 Å². The van der Waals surface area contributed by atoms with Crippen LogP contribution < -0.4 is 9.47 Å². The van der Waals surface area contributed by atoms with Crippen LogP contribution in [0.2, 0.25) is 0 Å². The van der Waals surface area contributed by atoms with Crippen molar-refractivity contribution < 1.29 is 9.49 Å². The Morgan fingerprint density at radius 2 is 2.00 bits per heavy atom. The van der Waals surface area contributed by atoms with Gasteiger partial charge in [-0.25, -0.2) is 0 Å². The maximum Gasteiger partial charge on any atom is 0.270 e. The second-order valence-electron chi connectivity index (χ2n) is 6.11. The van der Waals surface area contributed by atoms with Crippen molar-refractivity contribution in [2.45, 2.75) is 18.4 Å². The first-order valence-corrected chi connectivity index (χ1v) is 9.23. The van der Waals surface area contributed by atoms with E-state index in [1.54, 1.807) is 23.9 Å². The number of thioether (sulfide) groups is 1. The van der Waals surface area contributed by atoms with Crippen molar-refractivity contribution in [3.8, 4) is 0 Å². The van der Waals surface area contributed by atoms with Gasteiger partial charge < -0.3 is 4.90 Å². The molecule has 2 heterocycles. The summed E-state index contributed by atoms with van der Waals surface area (Å²) in [5.41, 5.74) is 3.43. The van der Waals surface area contributed by atoms with Crippen molar-refractivity contribution in [2.24, 2.45) is 0 Å². The first-order valence-electron chi connectivity index (χ1n) is 8.42. The zero-order chi connectivity index (χ0) is 18.3. The number of nitro groups is 1. The summed E-state index contributed by atoms with van der Waals surface area (Å²) >= 11 is 1.56. The highest BCUT2D eigenvalue weighted by Crippen LogP contribution is 2.46. The van der Waals surface area contributed by atoms with Crippen molar-refractivity contribution in [1.29, 1.82) is 0 Å². The first kappa shape index (κ1) is 16.6. The van der Waals surface area contributed by atoms with Crippen molar-refractivity contribution >= 4 is 40.1 Å². The number of hydrogen-bond donors (Lipinski definition) is 0. The fourth-order valence-electron chi connectivity index (χ4n) is 3.29. The highest BCUT2D eigenvalue weighted by molar-refractivity contribution is 8.03. The molecule has 0 saturated carbocycles. The number of benzene rings is 2. The maximum absolute atomic E-state index is 11.0. The van der Waals surface area contributed by atoms with Gasteiger partial charge in [-0.1, -0.05) is 23.9 Å². The normalized spacial score (nSPS) is 14.8. The summed E-state index contributed by atoms with van der Waals surface area (Å²) in [6.07, 6.45) is 2.15. The van der Waals surface area contributed by atoms with Crippen LogP contribution in [-0.2, 0) is 6.54 Å². The lowest BCUT2D eigenvalue weighted by molar-refractivity contribution is -0.669. The SMILES string of the molecule is CC[n+]1c(/C=C2\Sc3cc([N+](=O)[O-])ccc3N2C)ccc2ccccc21. The third-order valence-corrected chi connectivity index (χ3v) is 5.77. The fourth-order valence-corrected chi connectivity index (χ4v) is 4.41. The van der Waals surface area contributed by atoms with Crippen LogP contribution in [0.3, 0.4) is 0 Å². The Balaban J connectivity index is 1.78. The molecule has 0 amide bonds. The summed E-state index contributed by atoms with van der Waals surface area (Å²) in [5.74, 6) is 0. The minimum atomic E-state index is -0.350. The summed E-state index contributed by atoms with van der Waals surface area (Å²) in [6, 6.07) is 17.6. The lowest BCUT2D eigenvalue weighted by Gasteiger charge is -2.13. The quantitative estimate of drug-likeness (QED) is 0.387. The van der Waals surface area contributed by atoms with E-state index in [2.05, 4.69) is 52.8 Å². The minimum absolute atomic E-state index is 0.125. The topological polar surface area (TPSA) is 50.3 Å². The molecule has 3 aromatic rings. The average molecular weight is 364 g/mol. The molecule has 0 unspecified atom stereocenters. The van der Waals surface area contributed by atoms with Crippen molar-refractivity contribution in [2.75, 3.05) is 11.9 Å². The zero-order valence-corrected chi connectivity index (χ0v) is 15.4. The molecule has 26 heavy (non-hydrogen) atoms. The average Bonchev–Trinajstić information content (AvgIpc) is 2.96. The van der Waals surface area contributed by atoms with Gasteiger partial charge in [-0.05, 0) is 25.1 Å². The molecule has 4 rings (SSSR count). The number of anilines is 1. The maximum atomic E-state index is 11.0. The number of nitrogens with zero attached hydrogens (tertiary/aromatic N) is 3. The van der Waals surface area contributed by atoms with Gasteiger partial charge in [-0.3, -0.25) is 10.1 Å². The molecule has 0 aliphatic carbocycles. The number of para-hydroxylation sites is 1. The molecule has 1 aromatic heterocycles. The van der Waals surface area contributed by atoms with Gasteiger partial charge in [0.05, 0.1) is 15.6 Å². The van der Waals surface area contributed by atoms with Crippen LogP contribution in [0.25, 0.3) is 17.0 Å². The molecule has 0 radical (unpaired) electrons. The van der Waals surface area contributed by atoms with Crippen molar-refractivity contribution in [3.63, 3.8) is 0 Å². The Hall–Kier alpha value is -2.86. The van der Waals surface area contributed by atoms with Gasteiger partial charge in [0.15, 0.2) is 0 Å². The van der Waals surface area contributed by atoms with Crippen molar-refractivity contribution in [3.05, 3.63) is 75.4 Å². The summed E-state index contributed by atoms with van der Waals surface area (Å²) in [6.45, 7) is 3.01. The predicted molar refractivity (Wildman–Crippen MR) is 105 cm³/mol. The van der Waals surface area contributed by atoms with Gasteiger partial charge >= 0.3 is 0 Å². The third-order valence-electron chi connectivity index (χ3n) is 4.62. The Morgan fingerprint density at radius 3 is 2.77 bits per heavy atom. The molecule has 0 saturated heterocycles. The van der Waals surface area contributed by atoms with Crippen LogP contribution in [-0.4, -0.2) is 12.0 Å². The predicted octanol–water partition coefficient (Wildman–Crippen LogP) is 4.60. The van der Waals surface area contributed by atoms with Crippen LogP contribution in [0.5, 0.6) is 0 Å². The second-order valence-corrected chi connectivity index (χ2v) is 7.18. The third kappa shape index (κ3) is 2.72. The molecule has 0 atom stereocenters. The van der Waals surface area contributed by atoms with Crippen molar-refractivity contribution in [1.82, 2.24) is 0 Å². The number of rotatable bonds is 3. The van der Waals surface area contributed by atoms with E-state index >= 15 is 0 Å². The number of nitro benzene ring substituents is 1. The summed E-state index contributed by atoms with van der Waals surface area (Å²) in [5, 5.41) is 13.3. The number of pyridine rings is 1. The fraction of sp³-hybridized carbons (Fsp3) is 0.150. The summed E-state index contributed by atoms with van der Waals surface area (Å²) in [4.78, 5) is 13.7. The molecule has 6 heteroatoms. The monoisotopic (exact) mass is 364 g/mol. The lowest BCUT2D eigenvalue weighted by atomic mass is 10.2. The largest absolute Gasteiger partial charge is 0.338 e. The van der Waals surface area contributed by atoms with E-state index in [0.29, 0.717) is 0 Å². The molecule has 0 N–H and O–H groups in total. The van der Waals surface area contributed by atoms with Gasteiger partial charge in [0.1, 0.15) is 6.54 Å². The van der Waals surface area contributed by atoms with E-state index in [1.165, 1.54) is 10.9 Å². The number of fused-ring (bicyclic) bond motifs is 2. The van der Waals surface area contributed by atoms with E-state index in [0.717, 1.165) is 27.9 Å². The van der Waals surface area contributed by atoms with E-state index in [9.17, 15) is 10.1 Å². The summed E-state index contributed by atoms with van der Waals surface area (Å²) < 4.78 is 2.28. The molecule has 0 fully saturated rings. The number of hydrogen-bond acceptors (Lipinski definition) is 4. The summed E-state index contributed by atoms with van der Waals surface area (Å²) in [7, 11) is 1.99. The Morgan fingerprint density at radius 1 is 1.19 bits per heavy atom. The van der Waals surface area contributed by atoms with Gasteiger partial charge in [-0.2, -0.15) is 4.57 Å². The van der Waals surface area contributed by atoms with E-state index < -0.39 is 0 Å². The zero-order valence-electron chi connectivity index (χ0n) is 14.5. The van der Waals surface area contributed by atoms with E-state index in [-0.39, 0.29) is 10.6 Å². The molecule has 2 aromatic carbocycles. The molecular weight excluding hydrogens is 346 g/mol. The second kappa shape index (κ2) is 6.46. The number of aryl methyl sites for hydroxylation is 1. The van der Waals surface area contributed by atoms with Gasteiger partial charge in [-0.15, -0.1) is 0 Å². The van der Waals surface area contributed by atoms with Crippen LogP contribution >= 0.6 is 11.8 Å². The number of non-ortho nitro benzene ring substituents is 1. The molecule has 0 bridgehead atoms. The standard InChI is InChI=1S/C20H18N3O2S/c1-3-22-15(9-8-14-6-4-5-7-17(14)22)13-20-21(2)18-11-10-16(23(24)25)12-19(18)26-20/h4-13H,3H2,1-2H3/q+1. The van der Waals surface area contributed by atoms with Gasteiger partial charge in [0.2, 0.25) is 11.2 Å². The Bertz CT molecular complexity index is 1060. The number of aromatic nitrogens is 1. The van der Waals surface area contributed by atoms with E-state index in [4.69, 9.17) is 0 Å². The van der Waals surface area contributed by atoms with Gasteiger partial charge in [0, 0.05) is 47.7 Å². The molecule has 5 nitrogen and oxygen atoms in total. The molecule has 0 spiro atoms. The van der Waals surface area contributed by atoms with E-state index in [1.807, 2.05) is 19.2 Å². The highest BCUT2D eigenvalue weighted by Gasteiger charge is 2.25. The Labute approximate surface area is 155 Å². The Kier molecular flexibility index (Phi) is 4.12. The van der Waals surface area contributed by atoms with Gasteiger partial charge in [0.25, 0.3) is 5.69 Å². The molecule has 130 valence electrons. The molecular formula is C20H18N3O2S+. The van der Waals surface area contributed by atoms with Crippen LogP contribution in [0.15, 0.2) is 64.5 Å². The van der Waals surface area contributed by atoms with Crippen LogP contribution in [0.1, 0.15) is 12.6 Å². The highest BCUT2D eigenvalue weighted by atomic mass is 32.2. The minimum Gasteiger partial charge on any atom is -0.338 e. The van der Waals surface area contributed by atoms with Crippen LogP contribution in [0, 0.1) is 10.1 Å². The smallest absolute Gasteiger partial charge is 0.270 e. The molecule has 1 aliphatic rings.